The summed E-state index contributed by atoms with van der Waals surface area (Å²) in [5.74, 6) is 8.17. The van der Waals surface area contributed by atoms with Gasteiger partial charge in [0, 0.05) is 90.4 Å². The molecule has 27 rings (SSSR count). The number of rotatable bonds is 6. The number of nitrogens with zero attached hydrogens (tertiary/aromatic N) is 5. The van der Waals surface area contributed by atoms with E-state index in [1.54, 1.807) is 26.4 Å². The molecule has 18 atom stereocenters. The number of Topliss-reactive ketones (excluding diaryl/α,β-unsaturated/α-hetero) is 3. The molecule has 0 aromatic heterocycles. The number of aromatic hydroxyl groups is 2. The largest absolute Gasteiger partial charge is 0.504 e. The number of phenols is 2. The highest BCUT2D eigenvalue weighted by atomic mass is 16.6. The van der Waals surface area contributed by atoms with Crippen molar-refractivity contribution in [1.29, 1.82) is 0 Å². The standard InChI is InChI=1S/C21H25NO3.C20H23NO4.C19H21NO2.C18H19NO3.C18H21NO3/c1-12-2-5-14-10-16-21(24)7-6-15(23)19-20(21,17(14)18(12)25-19)8-9-22(16)11-13-3-4-13;22-13-4-3-12-9-15-20(24)6-5-14(23)18-19(20,16(12)17(13)25-18)7-8-21(15)10-11-1-2-11;1-11-4-5-12-10-14-13-6-7-15(21-3)18-19(13,8-9-20(14)2)16(12)17(11)22-18;1-19-8-7-18-11-4-6-14(21-2)17(18)22-16-13(20)5-3-10(15(16)18)9-12(11)19;1-10-3-4-11-9-13-18(21)6-5-12(20)16-17(18,7-8-19(13)2)14(11)15(10)22-16/h2,5,13,16,19,24H,3-4,6-11H2,1H3;3-4,11,15,18,22,24H,1-2,5-10H2;4-7,14,18H,8-10H2,1-3H3;3-6,12,17,20H,7-9H2,1-2H3;3-4,13,16,21H,5-9H2,1-2H3/t16?,19-,20-,21+;15?,18-,19-,20+;14?,18-,19-;12?,17-,18-;13?,16-,17-,18+/m00000/s1. The number of ether oxygens (including phenoxy) is 7. The highest BCUT2D eigenvalue weighted by Gasteiger charge is 2.77. The smallest absolute Gasteiger partial charge is 0.174 e. The van der Waals surface area contributed by atoms with Gasteiger partial charge in [-0.05, 0) is 276 Å². The number of hydrogen-bond donors (Lipinski definition) is 5. The minimum absolute atomic E-state index is 0.00616. The van der Waals surface area contributed by atoms with Crippen LogP contribution in [0.3, 0.4) is 0 Å². The van der Waals surface area contributed by atoms with Gasteiger partial charge >= 0.3 is 0 Å². The molecule has 5 unspecified atom stereocenters. The SMILES string of the molecule is COC1=CC=C2C3Cc4ccc(C)c5c4[C@@]2(CCN3C)[C@H]1O5.COC1=CC=C2C3Cc4ccc(O)c5c4[C@@]2(CCN3C)[C@H]1O5.Cc1ccc2c3c1O[C@H]1C(=O)CC[C@@]4(O)C(C2)N(C)CC[C@]314.Cc1ccc2c3c1O[C@H]1C(=O)CC[C@@]4(O)C(C2)N(CC2CC2)CC[C@]314.O=C1CC[C@@]2(O)C3Cc4ccc(O)c5c4[C@@]2(CCN3CC2CC2)[C@H]1O5. The van der Waals surface area contributed by atoms with Crippen molar-refractivity contribution in [3.63, 3.8) is 0 Å². The van der Waals surface area contributed by atoms with Gasteiger partial charge in [0.1, 0.15) is 28.8 Å². The second-order valence-electron chi connectivity index (χ2n) is 39.1. The van der Waals surface area contributed by atoms with E-state index in [1.165, 1.54) is 81.3 Å². The number of carbonyl (C=O) groups excluding carboxylic acids is 3. The van der Waals surface area contributed by atoms with Crippen LogP contribution in [-0.2, 0) is 83.0 Å². The van der Waals surface area contributed by atoms with E-state index < -0.39 is 51.4 Å². The van der Waals surface area contributed by atoms with Crippen LogP contribution in [0.5, 0.6) is 40.2 Å². The van der Waals surface area contributed by atoms with Crippen LogP contribution in [0.1, 0.15) is 169 Å². The first-order chi connectivity index (χ1) is 55.9. The summed E-state index contributed by atoms with van der Waals surface area (Å²) in [6, 6.07) is 21.8. The van der Waals surface area contributed by atoms with E-state index in [9.17, 15) is 39.9 Å². The third-order valence-corrected chi connectivity index (χ3v) is 34.2. The molecule has 5 N–H and O–H groups in total. The highest BCUT2D eigenvalue weighted by molar-refractivity contribution is 5.92. The number of phenolic OH excluding ortho intramolecular Hbond substituents is 2. The molecular weight excluding hydrogens is 1460 g/mol. The Morgan fingerprint density at radius 1 is 0.388 bits per heavy atom. The molecule has 5 aromatic carbocycles. The zero-order valence-electron chi connectivity index (χ0n) is 68.2. The minimum Gasteiger partial charge on any atom is -0.504 e. The lowest BCUT2D eigenvalue weighted by atomic mass is 9.49. The van der Waals surface area contributed by atoms with Crippen molar-refractivity contribution in [2.24, 2.45) is 11.8 Å². The molecule has 0 radical (unpaired) electrons. The Morgan fingerprint density at radius 2 is 0.724 bits per heavy atom. The summed E-state index contributed by atoms with van der Waals surface area (Å²) < 4.78 is 42.5. The van der Waals surface area contributed by atoms with Crippen molar-refractivity contribution in [2.45, 2.75) is 254 Å². The fraction of sp³-hybridized carbons (Fsp3) is 0.573. The van der Waals surface area contributed by atoms with Gasteiger partial charge in [-0.2, -0.15) is 0 Å². The Bertz CT molecular complexity index is 5050. The first kappa shape index (κ1) is 73.1. The first-order valence-electron chi connectivity index (χ1n) is 43.6. The predicted octanol–water partition coefficient (Wildman–Crippen LogP) is 9.85. The summed E-state index contributed by atoms with van der Waals surface area (Å²) in [6.45, 7) is 13.3. The maximum absolute atomic E-state index is 12.8. The average molecular weight is 1570 g/mol. The van der Waals surface area contributed by atoms with Gasteiger partial charge in [0.2, 0.25) is 0 Å². The lowest BCUT2D eigenvalue weighted by Gasteiger charge is -2.62. The van der Waals surface area contributed by atoms with Gasteiger partial charge in [0.25, 0.3) is 0 Å². The third-order valence-electron chi connectivity index (χ3n) is 34.2. The van der Waals surface area contributed by atoms with E-state index in [0.29, 0.717) is 62.1 Å². The number of methoxy groups -OCH3 is 2. The monoisotopic (exact) mass is 1570 g/mol. The summed E-state index contributed by atoms with van der Waals surface area (Å²) in [5.41, 5.74) is 14.3. The molecule has 608 valence electrons. The van der Waals surface area contributed by atoms with Crippen molar-refractivity contribution in [3.05, 3.63) is 180 Å². The van der Waals surface area contributed by atoms with Crippen molar-refractivity contribution in [2.75, 3.05) is 81.2 Å². The maximum Gasteiger partial charge on any atom is 0.174 e. The lowest BCUT2D eigenvalue weighted by Crippen LogP contribution is -2.76. The van der Waals surface area contributed by atoms with Crippen LogP contribution in [-0.4, -0.2) is 226 Å². The molecule has 5 aromatic rings. The van der Waals surface area contributed by atoms with Gasteiger partial charge in [0.15, 0.2) is 70.9 Å². The molecule has 10 bridgehead atoms. The molecule has 10 aliphatic heterocycles. The van der Waals surface area contributed by atoms with E-state index >= 15 is 0 Å². The van der Waals surface area contributed by atoms with Crippen LogP contribution in [0.15, 0.2) is 108 Å². The minimum atomic E-state index is -0.940. The number of carbonyl (C=O) groups is 3. The van der Waals surface area contributed by atoms with Crippen molar-refractivity contribution in [3.8, 4) is 40.2 Å². The van der Waals surface area contributed by atoms with Crippen LogP contribution in [0.25, 0.3) is 0 Å². The summed E-state index contributed by atoms with van der Waals surface area (Å²) >= 11 is 0. The van der Waals surface area contributed by atoms with Crippen LogP contribution < -0.4 is 23.7 Å². The van der Waals surface area contributed by atoms with Gasteiger partial charge in [-0.15, -0.1) is 0 Å². The highest BCUT2D eigenvalue weighted by Crippen LogP contribution is 2.70. The van der Waals surface area contributed by atoms with Crippen LogP contribution in [0.4, 0.5) is 0 Å². The Hall–Kier alpha value is -8.05. The number of aliphatic hydroxyl groups is 3. The number of ketones is 3. The van der Waals surface area contributed by atoms with E-state index in [1.807, 2.05) is 19.1 Å². The predicted molar refractivity (Wildman–Crippen MR) is 431 cm³/mol. The van der Waals surface area contributed by atoms with Crippen molar-refractivity contribution >= 4 is 17.3 Å². The molecule has 5 saturated heterocycles. The van der Waals surface area contributed by atoms with Gasteiger partial charge in [-0.3, -0.25) is 34.0 Å². The number of aryl methyl sites for hydroxylation is 3. The van der Waals surface area contributed by atoms with Gasteiger partial charge in [0.05, 0.1) is 58.1 Å². The number of benzene rings is 5. The van der Waals surface area contributed by atoms with Gasteiger partial charge in [-0.1, -0.05) is 60.7 Å². The quantitative estimate of drug-likeness (QED) is 0.106. The number of likely N-dealkylation sites (tertiary alicyclic amines) is 5. The van der Waals surface area contributed by atoms with Crippen LogP contribution >= 0.6 is 0 Å². The van der Waals surface area contributed by atoms with Crippen molar-refractivity contribution in [1.82, 2.24) is 24.5 Å². The molecule has 22 aliphatic rings. The number of allylic oxidation sites excluding steroid dienone is 4. The molecule has 10 heterocycles. The average Bonchev–Trinajstić information content (AvgIpc) is 1.43. The lowest BCUT2D eigenvalue weighted by molar-refractivity contribution is -0.188. The number of piperidine rings is 5. The maximum atomic E-state index is 12.8. The first-order valence-corrected chi connectivity index (χ1v) is 43.6. The van der Waals surface area contributed by atoms with Gasteiger partial charge < -0.3 is 63.6 Å². The third kappa shape index (κ3) is 9.11. The number of hydrogen-bond acceptors (Lipinski definition) is 20. The second-order valence-corrected chi connectivity index (χ2v) is 39.1. The summed E-state index contributed by atoms with van der Waals surface area (Å²) in [5, 5.41) is 56.4. The summed E-state index contributed by atoms with van der Waals surface area (Å²) in [7, 11) is 10.0. The van der Waals surface area contributed by atoms with E-state index in [-0.39, 0.29) is 70.0 Å². The van der Waals surface area contributed by atoms with E-state index in [4.69, 9.17) is 33.2 Å². The topological polar surface area (TPSA) is 233 Å². The normalized spacial score (nSPS) is 38.9. The summed E-state index contributed by atoms with van der Waals surface area (Å²) in [4.78, 5) is 50.3. The molecule has 10 fully saturated rings. The Morgan fingerprint density at radius 3 is 1.16 bits per heavy atom. The van der Waals surface area contributed by atoms with E-state index in [2.05, 4.69) is 120 Å². The molecule has 116 heavy (non-hydrogen) atoms. The van der Waals surface area contributed by atoms with E-state index in [0.717, 1.165) is 178 Å². The van der Waals surface area contributed by atoms with Crippen LogP contribution in [0.2, 0.25) is 0 Å². The molecule has 5 spiro atoms. The second kappa shape index (κ2) is 24.8. The zero-order valence-corrected chi connectivity index (χ0v) is 68.2. The van der Waals surface area contributed by atoms with Crippen molar-refractivity contribution < 1.29 is 73.1 Å². The van der Waals surface area contributed by atoms with Crippen LogP contribution in [0, 0.1) is 32.6 Å². The Kier molecular flexibility index (Phi) is 15.6. The molecule has 5 saturated carbocycles. The Balaban J connectivity index is 0.0000000856. The van der Waals surface area contributed by atoms with Gasteiger partial charge in [-0.25, -0.2) is 0 Å². The Labute approximate surface area is 678 Å². The number of likely N-dealkylation sites (N-methyl/N-ethyl adjacent to an activating group) is 3. The molecule has 12 aliphatic carbocycles. The zero-order chi connectivity index (χ0) is 79.3. The summed E-state index contributed by atoms with van der Waals surface area (Å²) in [6.07, 6.45) is 24.2. The molecule has 20 heteroatoms. The fourth-order valence-electron chi connectivity index (χ4n) is 28.4. The molecule has 0 amide bonds. The molecule has 20 nitrogen and oxygen atoms in total. The molecular formula is C96H109N5O15. The fourth-order valence-corrected chi connectivity index (χ4v) is 28.4.